The van der Waals surface area contributed by atoms with E-state index in [0.29, 0.717) is 10.0 Å². The molecule has 4 aromatic rings. The van der Waals surface area contributed by atoms with Gasteiger partial charge in [0.2, 0.25) is 0 Å². The highest BCUT2D eigenvalue weighted by Crippen LogP contribution is 2.39. The molecule has 0 aliphatic heterocycles. The monoisotopic (exact) mass is 455 g/mol. The minimum absolute atomic E-state index is 0.645. The van der Waals surface area contributed by atoms with E-state index in [4.69, 9.17) is 23.2 Å². The smallest absolute Gasteiger partial charge is 0.0648 e. The Bertz CT molecular complexity index is 1030. The van der Waals surface area contributed by atoms with Gasteiger partial charge in [0.1, 0.15) is 0 Å². The Morgan fingerprint density at radius 2 is 1.59 bits per heavy atom. The highest BCUT2D eigenvalue weighted by atomic mass is 79.9. The third-order valence-corrected chi connectivity index (χ3v) is 6.17. The fourth-order valence-corrected chi connectivity index (χ4v) is 3.70. The van der Waals surface area contributed by atoms with Crippen LogP contribution in [0.25, 0.3) is 33.1 Å². The third-order valence-electron chi connectivity index (χ3n) is 3.61. The molecular weight excluding hydrogens is 451 g/mol. The maximum absolute atomic E-state index is 6.45. The number of halogens is 4. The lowest BCUT2D eigenvalue weighted by atomic mass is 10.1. The maximum atomic E-state index is 6.45. The Morgan fingerprint density at radius 1 is 0.909 bits per heavy atom. The Balaban J connectivity index is 2.03. The van der Waals surface area contributed by atoms with E-state index >= 15 is 0 Å². The summed E-state index contributed by atoms with van der Waals surface area (Å²) >= 11 is 19.7. The SMILES string of the molecule is Clc1c(Br)ccc2[nH]c(-c3c[nH]c4ccc(Br)c(Cl)c34)[c]c12. The molecule has 1 radical (unpaired) electrons. The van der Waals surface area contributed by atoms with Crippen LogP contribution in [-0.2, 0) is 0 Å². The van der Waals surface area contributed by atoms with Crippen molar-refractivity contribution in [3.63, 3.8) is 0 Å². The van der Waals surface area contributed by atoms with Crippen LogP contribution in [0.1, 0.15) is 0 Å². The summed E-state index contributed by atoms with van der Waals surface area (Å²) in [6.07, 6.45) is 1.92. The van der Waals surface area contributed by atoms with Crippen LogP contribution in [0.3, 0.4) is 0 Å². The summed E-state index contributed by atoms with van der Waals surface area (Å²) in [7, 11) is 0. The van der Waals surface area contributed by atoms with Crippen LogP contribution >= 0.6 is 55.1 Å². The predicted molar refractivity (Wildman–Crippen MR) is 99.8 cm³/mol. The molecule has 2 aromatic carbocycles. The molecule has 0 fully saturated rings. The second-order valence-electron chi connectivity index (χ2n) is 4.90. The Kier molecular flexibility index (Phi) is 3.53. The van der Waals surface area contributed by atoms with E-state index in [1.165, 1.54) is 0 Å². The van der Waals surface area contributed by atoms with Crippen molar-refractivity contribution in [3.8, 4) is 11.3 Å². The lowest BCUT2D eigenvalue weighted by molar-refractivity contribution is 1.43. The standard InChI is InChI=1S/C16H7Br2Cl2N2/c17-9-1-3-11-7(15(9)19)5-13(22-11)8-6-21-12-4-2-10(18)16(20)14(8)12/h1-4,6,21-22H. The summed E-state index contributed by atoms with van der Waals surface area (Å²) in [4.78, 5) is 6.59. The molecule has 6 heteroatoms. The van der Waals surface area contributed by atoms with E-state index in [2.05, 4.69) is 47.9 Å². The van der Waals surface area contributed by atoms with Gasteiger partial charge in [0.15, 0.2) is 0 Å². The number of nitrogens with one attached hydrogen (secondary N) is 2. The van der Waals surface area contributed by atoms with Crippen LogP contribution < -0.4 is 0 Å². The van der Waals surface area contributed by atoms with Crippen LogP contribution in [0.4, 0.5) is 0 Å². The zero-order valence-corrected chi connectivity index (χ0v) is 15.6. The van der Waals surface area contributed by atoms with Crippen molar-refractivity contribution in [2.75, 3.05) is 0 Å². The minimum atomic E-state index is 0.645. The maximum Gasteiger partial charge on any atom is 0.0648 e. The van der Waals surface area contributed by atoms with Crippen molar-refractivity contribution >= 4 is 76.9 Å². The van der Waals surface area contributed by atoms with Crippen molar-refractivity contribution in [2.45, 2.75) is 0 Å². The van der Waals surface area contributed by atoms with Crippen LogP contribution in [0.2, 0.25) is 10.0 Å². The number of fused-ring (bicyclic) bond motifs is 2. The molecule has 0 bridgehead atoms. The summed E-state index contributed by atoms with van der Waals surface area (Å²) < 4.78 is 1.71. The number of rotatable bonds is 1. The van der Waals surface area contributed by atoms with Crippen molar-refractivity contribution < 1.29 is 0 Å². The fourth-order valence-electron chi connectivity index (χ4n) is 2.56. The third kappa shape index (κ3) is 2.13. The Hall–Kier alpha value is -0.940. The Labute approximate surface area is 153 Å². The molecule has 2 nitrogen and oxygen atoms in total. The van der Waals surface area contributed by atoms with Gasteiger partial charge in [-0.3, -0.25) is 0 Å². The predicted octanol–water partition coefficient (Wildman–Crippen LogP) is 6.95. The number of aromatic nitrogens is 2. The number of hydrogen-bond acceptors (Lipinski definition) is 0. The van der Waals surface area contributed by atoms with Crippen LogP contribution in [0.15, 0.2) is 39.4 Å². The fraction of sp³-hybridized carbons (Fsp3) is 0. The number of H-pyrrole nitrogens is 2. The first-order valence-electron chi connectivity index (χ1n) is 6.40. The Morgan fingerprint density at radius 3 is 2.36 bits per heavy atom. The van der Waals surface area contributed by atoms with Gasteiger partial charge in [-0.1, -0.05) is 23.2 Å². The summed E-state index contributed by atoms with van der Waals surface area (Å²) in [5.41, 5.74) is 3.72. The van der Waals surface area contributed by atoms with Crippen LogP contribution in [0.5, 0.6) is 0 Å². The quantitative estimate of drug-likeness (QED) is 0.310. The summed E-state index contributed by atoms with van der Waals surface area (Å²) in [6.45, 7) is 0. The van der Waals surface area contributed by atoms with Gasteiger partial charge in [-0.15, -0.1) is 0 Å². The first-order chi connectivity index (χ1) is 10.6. The molecule has 4 rings (SSSR count). The van der Waals surface area contributed by atoms with Crippen molar-refractivity contribution in [1.82, 2.24) is 9.97 Å². The van der Waals surface area contributed by atoms with Crippen molar-refractivity contribution in [2.24, 2.45) is 0 Å². The van der Waals surface area contributed by atoms with Gasteiger partial charge < -0.3 is 9.97 Å². The largest absolute Gasteiger partial charge is 0.360 e. The molecule has 0 spiro atoms. The molecule has 109 valence electrons. The van der Waals surface area contributed by atoms with Gasteiger partial charge in [0, 0.05) is 48.6 Å². The van der Waals surface area contributed by atoms with E-state index < -0.39 is 0 Å². The average Bonchev–Trinajstić information content (AvgIpc) is 3.11. The summed E-state index contributed by atoms with van der Waals surface area (Å²) in [5, 5.41) is 3.13. The first-order valence-corrected chi connectivity index (χ1v) is 8.75. The molecule has 0 aliphatic carbocycles. The van der Waals surface area contributed by atoms with Gasteiger partial charge in [0.25, 0.3) is 0 Å². The van der Waals surface area contributed by atoms with E-state index in [9.17, 15) is 0 Å². The molecule has 0 saturated heterocycles. The lowest BCUT2D eigenvalue weighted by Gasteiger charge is -2.00. The van der Waals surface area contributed by atoms with Gasteiger partial charge in [-0.2, -0.15) is 0 Å². The van der Waals surface area contributed by atoms with E-state index in [0.717, 1.165) is 42.0 Å². The van der Waals surface area contributed by atoms with Crippen molar-refractivity contribution in [1.29, 1.82) is 0 Å². The molecule has 0 aliphatic rings. The zero-order valence-electron chi connectivity index (χ0n) is 10.9. The second kappa shape index (κ2) is 5.31. The number of benzene rings is 2. The van der Waals surface area contributed by atoms with E-state index in [1.807, 2.05) is 30.5 Å². The molecule has 0 unspecified atom stereocenters. The van der Waals surface area contributed by atoms with Gasteiger partial charge in [0.05, 0.1) is 15.7 Å². The molecular formula is C16H7Br2Cl2N2. The average molecular weight is 458 g/mol. The van der Waals surface area contributed by atoms with Gasteiger partial charge in [-0.25, -0.2) is 0 Å². The molecule has 0 amide bonds. The first kappa shape index (κ1) is 14.6. The van der Waals surface area contributed by atoms with Gasteiger partial charge in [-0.05, 0) is 56.1 Å². The van der Waals surface area contributed by atoms with E-state index in [-0.39, 0.29) is 0 Å². The molecule has 2 N–H and O–H groups in total. The highest BCUT2D eigenvalue weighted by Gasteiger charge is 2.15. The topological polar surface area (TPSA) is 31.6 Å². The van der Waals surface area contributed by atoms with E-state index in [1.54, 1.807) is 0 Å². The molecule has 0 atom stereocenters. The number of aromatic amines is 2. The zero-order chi connectivity index (χ0) is 15.4. The summed E-state index contributed by atoms with van der Waals surface area (Å²) in [6, 6.07) is 11.1. The second-order valence-corrected chi connectivity index (χ2v) is 7.36. The molecule has 0 saturated carbocycles. The molecule has 2 aromatic heterocycles. The lowest BCUT2D eigenvalue weighted by Crippen LogP contribution is -1.77. The normalized spacial score (nSPS) is 11.6. The minimum Gasteiger partial charge on any atom is -0.360 e. The highest BCUT2D eigenvalue weighted by molar-refractivity contribution is 9.10. The molecule has 22 heavy (non-hydrogen) atoms. The van der Waals surface area contributed by atoms with Crippen molar-refractivity contribution in [3.05, 3.63) is 55.5 Å². The molecule has 2 heterocycles. The van der Waals surface area contributed by atoms with Gasteiger partial charge >= 0.3 is 0 Å². The van der Waals surface area contributed by atoms with Crippen LogP contribution in [0, 0.1) is 6.07 Å². The van der Waals surface area contributed by atoms with Crippen LogP contribution in [-0.4, -0.2) is 9.97 Å². The number of hydrogen-bond donors (Lipinski definition) is 2. The summed E-state index contributed by atoms with van der Waals surface area (Å²) in [5.74, 6) is 0.